The van der Waals surface area contributed by atoms with E-state index in [0.717, 1.165) is 32.5 Å². The summed E-state index contributed by atoms with van der Waals surface area (Å²) in [5.74, 6) is 0. The molecule has 1 aromatic rings. The molecule has 80 valence electrons. The van der Waals surface area contributed by atoms with Crippen LogP contribution in [0.4, 0.5) is 0 Å². The molecule has 15 heavy (non-hydrogen) atoms. The molecule has 2 aliphatic heterocycles. The lowest BCUT2D eigenvalue weighted by molar-refractivity contribution is -0.672. The van der Waals surface area contributed by atoms with Gasteiger partial charge in [0.25, 0.3) is 0 Å². The van der Waals surface area contributed by atoms with Crippen LogP contribution in [-0.4, -0.2) is 13.1 Å². The Morgan fingerprint density at radius 1 is 1.40 bits per heavy atom. The van der Waals surface area contributed by atoms with Gasteiger partial charge in [-0.05, 0) is 31.5 Å². The molecule has 1 aromatic heterocycles. The molecule has 0 radical (unpaired) electrons. The number of pyridine rings is 1. The van der Waals surface area contributed by atoms with Gasteiger partial charge >= 0.3 is 0 Å². The fourth-order valence-corrected chi connectivity index (χ4v) is 2.70. The van der Waals surface area contributed by atoms with E-state index in [1.807, 2.05) is 0 Å². The highest BCUT2D eigenvalue weighted by atomic mass is 16.5. The monoisotopic (exact) mass is 205 g/mol. The minimum absolute atomic E-state index is 0.0135. The van der Waals surface area contributed by atoms with E-state index in [9.17, 15) is 0 Å². The summed E-state index contributed by atoms with van der Waals surface area (Å²) in [7, 11) is 2.08. The van der Waals surface area contributed by atoms with Gasteiger partial charge in [-0.25, -0.2) is 4.57 Å². The van der Waals surface area contributed by atoms with Crippen molar-refractivity contribution in [3.05, 3.63) is 29.6 Å². The number of ether oxygens (including phenoxy) is 1. The maximum atomic E-state index is 6.05. The Labute approximate surface area is 90.1 Å². The molecule has 0 atom stereocenters. The largest absolute Gasteiger partial charge is 0.365 e. The first kappa shape index (κ1) is 9.31. The zero-order valence-corrected chi connectivity index (χ0v) is 9.12. The van der Waals surface area contributed by atoms with E-state index >= 15 is 0 Å². The van der Waals surface area contributed by atoms with E-state index in [4.69, 9.17) is 4.74 Å². The van der Waals surface area contributed by atoms with E-state index in [0.29, 0.717) is 0 Å². The second-order valence-corrected chi connectivity index (χ2v) is 4.58. The Morgan fingerprint density at radius 3 is 3.00 bits per heavy atom. The lowest BCUT2D eigenvalue weighted by Gasteiger charge is -2.33. The zero-order valence-electron chi connectivity index (χ0n) is 9.12. The van der Waals surface area contributed by atoms with Crippen LogP contribution in [0.3, 0.4) is 0 Å². The smallest absolute Gasteiger partial charge is 0.175 e. The van der Waals surface area contributed by atoms with Gasteiger partial charge in [0.05, 0.1) is 12.2 Å². The number of hydrogen-bond acceptors (Lipinski definition) is 2. The maximum absolute atomic E-state index is 6.05. The van der Waals surface area contributed by atoms with Crippen molar-refractivity contribution >= 4 is 0 Å². The molecular formula is C12H17N2O+. The van der Waals surface area contributed by atoms with E-state index in [2.05, 4.69) is 35.4 Å². The second-order valence-electron chi connectivity index (χ2n) is 4.58. The molecule has 0 aromatic carbocycles. The summed E-state index contributed by atoms with van der Waals surface area (Å²) < 4.78 is 8.18. The highest BCUT2D eigenvalue weighted by molar-refractivity contribution is 5.31. The van der Waals surface area contributed by atoms with Gasteiger partial charge in [0.1, 0.15) is 12.6 Å². The van der Waals surface area contributed by atoms with Gasteiger partial charge in [-0.15, -0.1) is 0 Å². The molecule has 1 fully saturated rings. The lowest BCUT2D eigenvalue weighted by atomic mass is 9.85. The van der Waals surface area contributed by atoms with E-state index in [1.165, 1.54) is 11.1 Å². The van der Waals surface area contributed by atoms with Crippen LogP contribution < -0.4 is 9.88 Å². The van der Waals surface area contributed by atoms with E-state index in [-0.39, 0.29) is 5.60 Å². The van der Waals surface area contributed by atoms with Crippen molar-refractivity contribution in [2.75, 3.05) is 13.1 Å². The molecular weight excluding hydrogens is 188 g/mol. The topological polar surface area (TPSA) is 25.1 Å². The van der Waals surface area contributed by atoms with Crippen molar-refractivity contribution in [3.8, 4) is 0 Å². The van der Waals surface area contributed by atoms with Gasteiger partial charge in [0.15, 0.2) is 12.4 Å². The van der Waals surface area contributed by atoms with E-state index < -0.39 is 0 Å². The number of rotatable bonds is 0. The molecule has 3 heterocycles. The maximum Gasteiger partial charge on any atom is 0.175 e. The quantitative estimate of drug-likeness (QED) is 0.628. The molecule has 1 N–H and O–H groups in total. The summed E-state index contributed by atoms with van der Waals surface area (Å²) >= 11 is 0. The highest BCUT2D eigenvalue weighted by Crippen LogP contribution is 2.41. The predicted octanol–water partition coefficient (Wildman–Crippen LogP) is 0.620. The molecule has 3 rings (SSSR count). The van der Waals surface area contributed by atoms with Crippen LogP contribution in [0.2, 0.25) is 0 Å². The third-order valence-corrected chi connectivity index (χ3v) is 3.60. The second kappa shape index (κ2) is 3.29. The average molecular weight is 205 g/mol. The number of nitrogens with one attached hydrogen (secondary N) is 1. The van der Waals surface area contributed by atoms with Crippen molar-refractivity contribution in [2.45, 2.75) is 25.0 Å². The minimum Gasteiger partial charge on any atom is -0.365 e. The third kappa shape index (κ3) is 1.38. The first-order valence-corrected chi connectivity index (χ1v) is 5.63. The van der Waals surface area contributed by atoms with Crippen molar-refractivity contribution < 1.29 is 9.30 Å². The van der Waals surface area contributed by atoms with Crippen LogP contribution in [0.15, 0.2) is 18.5 Å². The Bertz CT molecular complexity index is 378. The SMILES string of the molecule is C[n+]1ccc2c(c1)C1(CCNCC1)OC2. The highest BCUT2D eigenvalue weighted by Gasteiger charge is 2.42. The standard InChI is InChI=1S/C12H17N2O/c1-14-7-2-10-9-15-12(11(10)8-14)3-5-13-6-4-12/h2,7-8,13H,3-6,9H2,1H3/q+1. The van der Waals surface area contributed by atoms with Crippen LogP contribution in [0, 0.1) is 0 Å². The Morgan fingerprint density at radius 2 is 2.20 bits per heavy atom. The molecule has 2 aliphatic rings. The molecule has 0 unspecified atom stereocenters. The molecule has 1 spiro atoms. The molecule has 1 saturated heterocycles. The zero-order chi connectivity index (χ0) is 10.3. The molecule has 0 saturated carbocycles. The predicted molar refractivity (Wildman–Crippen MR) is 56.2 cm³/mol. The lowest BCUT2D eigenvalue weighted by Crippen LogP contribution is -2.41. The minimum atomic E-state index is 0.0135. The Kier molecular flexibility index (Phi) is 2.04. The number of nitrogens with zero attached hydrogens (tertiary/aromatic N) is 1. The van der Waals surface area contributed by atoms with Crippen molar-refractivity contribution in [2.24, 2.45) is 7.05 Å². The average Bonchev–Trinajstić information content (AvgIpc) is 2.59. The summed E-state index contributed by atoms with van der Waals surface area (Å²) in [5, 5.41) is 3.39. The third-order valence-electron chi connectivity index (χ3n) is 3.60. The number of fused-ring (bicyclic) bond motifs is 2. The molecule has 3 nitrogen and oxygen atoms in total. The summed E-state index contributed by atoms with van der Waals surface area (Å²) in [5.41, 5.74) is 2.79. The van der Waals surface area contributed by atoms with Crippen LogP contribution in [0.5, 0.6) is 0 Å². The number of hydrogen-bond donors (Lipinski definition) is 1. The van der Waals surface area contributed by atoms with Gasteiger partial charge in [0.2, 0.25) is 0 Å². The van der Waals surface area contributed by atoms with Crippen LogP contribution in [-0.2, 0) is 24.0 Å². The molecule has 0 bridgehead atoms. The Hall–Kier alpha value is -0.930. The van der Waals surface area contributed by atoms with Gasteiger partial charge in [-0.3, -0.25) is 0 Å². The van der Waals surface area contributed by atoms with Crippen molar-refractivity contribution in [1.82, 2.24) is 5.32 Å². The number of piperidine rings is 1. The van der Waals surface area contributed by atoms with Gasteiger partial charge in [-0.1, -0.05) is 0 Å². The van der Waals surface area contributed by atoms with Crippen molar-refractivity contribution in [3.63, 3.8) is 0 Å². The number of aryl methyl sites for hydroxylation is 1. The van der Waals surface area contributed by atoms with Crippen molar-refractivity contribution in [1.29, 1.82) is 0 Å². The number of aromatic nitrogens is 1. The Balaban J connectivity index is 2.05. The van der Waals surface area contributed by atoms with E-state index in [1.54, 1.807) is 0 Å². The normalized spacial score (nSPS) is 23.0. The first-order chi connectivity index (χ1) is 7.30. The summed E-state index contributed by atoms with van der Waals surface area (Å²) in [6.45, 7) is 2.92. The van der Waals surface area contributed by atoms with Gasteiger partial charge in [0, 0.05) is 6.07 Å². The fourth-order valence-electron chi connectivity index (χ4n) is 2.70. The summed E-state index contributed by atoms with van der Waals surface area (Å²) in [4.78, 5) is 0. The first-order valence-electron chi connectivity index (χ1n) is 5.63. The van der Waals surface area contributed by atoms with Gasteiger partial charge < -0.3 is 10.1 Å². The van der Waals surface area contributed by atoms with Crippen LogP contribution in [0.25, 0.3) is 0 Å². The van der Waals surface area contributed by atoms with Crippen LogP contribution >= 0.6 is 0 Å². The molecule has 3 heteroatoms. The molecule has 0 aliphatic carbocycles. The summed E-state index contributed by atoms with van der Waals surface area (Å²) in [6.07, 6.45) is 6.53. The summed E-state index contributed by atoms with van der Waals surface area (Å²) in [6, 6.07) is 2.19. The fraction of sp³-hybridized carbons (Fsp3) is 0.583. The van der Waals surface area contributed by atoms with Gasteiger partial charge in [-0.2, -0.15) is 0 Å². The van der Waals surface area contributed by atoms with Crippen LogP contribution in [0.1, 0.15) is 24.0 Å². The molecule has 0 amide bonds.